The van der Waals surface area contributed by atoms with Crippen molar-refractivity contribution in [3.05, 3.63) is 71.7 Å². The number of imidazole rings is 1. The summed E-state index contributed by atoms with van der Waals surface area (Å²) in [5.74, 6) is 1.40. The molecule has 2 saturated carbocycles. The third kappa shape index (κ3) is 4.58. The number of nitrogens with zero attached hydrogens (tertiary/aromatic N) is 6. The Balaban J connectivity index is 1.23. The van der Waals surface area contributed by atoms with E-state index in [2.05, 4.69) is 26.1 Å². The van der Waals surface area contributed by atoms with Gasteiger partial charge >= 0.3 is 6.18 Å². The Morgan fingerprint density at radius 2 is 1.81 bits per heavy atom. The highest BCUT2D eigenvalue weighted by atomic mass is 19.4. The zero-order chi connectivity index (χ0) is 28.6. The predicted octanol–water partition coefficient (Wildman–Crippen LogP) is 6.97. The lowest BCUT2D eigenvalue weighted by molar-refractivity contribution is -0.136. The number of hydrogen-bond acceptors (Lipinski definition) is 5. The molecule has 42 heavy (non-hydrogen) atoms. The highest BCUT2D eigenvalue weighted by Gasteiger charge is 2.47. The molecule has 0 bridgehead atoms. The van der Waals surface area contributed by atoms with Crippen molar-refractivity contribution >= 4 is 11.0 Å². The number of aromatic amines is 1. The first-order chi connectivity index (χ1) is 20.2. The third-order valence-corrected chi connectivity index (χ3v) is 9.11. The molecule has 1 spiro atoms. The van der Waals surface area contributed by atoms with E-state index >= 15 is 0 Å². The molecule has 1 N–H and O–H groups in total. The lowest BCUT2D eigenvalue weighted by atomic mass is 9.97. The SMILES string of the molecule is Cn1cnnc1-c1ccccc1-c1cc(-c2nc3cc(CN4CCC5(CC5)C4)cc(C(F)(F)F)c3[nH]2)nc(C2CC2)c1. The molecule has 0 unspecified atom stereocenters. The molecule has 2 aliphatic carbocycles. The standard InChI is InChI=1S/C32H30F3N7/c1-41-18-36-40-30(41)23-5-3-2-4-22(23)21-14-25(20-6-7-20)37-27(15-21)29-38-26-13-19(12-24(28(26)39-29)32(33,34)35)16-42-11-10-31(17-42)8-9-31/h2-5,12-15,18,20H,6-11,16-17H2,1H3,(H,38,39). The smallest absolute Gasteiger partial charge is 0.336 e. The second-order valence-corrected chi connectivity index (χ2v) is 12.3. The van der Waals surface area contributed by atoms with Crippen LogP contribution in [0, 0.1) is 5.41 Å². The van der Waals surface area contributed by atoms with E-state index in [1.54, 1.807) is 12.4 Å². The summed E-state index contributed by atoms with van der Waals surface area (Å²) in [5.41, 5.74) is 4.93. The van der Waals surface area contributed by atoms with Gasteiger partial charge in [0.05, 0.1) is 16.6 Å². The van der Waals surface area contributed by atoms with Crippen LogP contribution in [0.15, 0.2) is 54.9 Å². The van der Waals surface area contributed by atoms with Crippen LogP contribution in [0.25, 0.3) is 45.1 Å². The van der Waals surface area contributed by atoms with Gasteiger partial charge in [0.2, 0.25) is 0 Å². The Kier molecular flexibility index (Phi) is 5.63. The average molecular weight is 570 g/mol. The van der Waals surface area contributed by atoms with E-state index in [0.717, 1.165) is 60.6 Å². The highest BCUT2D eigenvalue weighted by Crippen LogP contribution is 2.53. The first-order valence-corrected chi connectivity index (χ1v) is 14.5. The first-order valence-electron chi connectivity index (χ1n) is 14.5. The van der Waals surface area contributed by atoms with Crippen molar-refractivity contribution < 1.29 is 13.2 Å². The minimum absolute atomic E-state index is 0.000921. The Hall–Kier alpha value is -4.05. The fraction of sp³-hybridized carbons (Fsp3) is 0.375. The van der Waals surface area contributed by atoms with Gasteiger partial charge < -0.3 is 9.55 Å². The molecule has 3 fully saturated rings. The molecule has 0 radical (unpaired) electrons. The molecule has 7 nitrogen and oxygen atoms in total. The summed E-state index contributed by atoms with van der Waals surface area (Å²) in [6, 6.07) is 15.0. The summed E-state index contributed by atoms with van der Waals surface area (Å²) in [7, 11) is 1.90. The molecular weight excluding hydrogens is 539 g/mol. The van der Waals surface area contributed by atoms with Gasteiger partial charge in [0.15, 0.2) is 11.6 Å². The van der Waals surface area contributed by atoms with Crippen LogP contribution >= 0.6 is 0 Å². The van der Waals surface area contributed by atoms with Crippen molar-refractivity contribution in [3.63, 3.8) is 0 Å². The van der Waals surface area contributed by atoms with Gasteiger partial charge in [0.1, 0.15) is 12.0 Å². The number of fused-ring (bicyclic) bond motifs is 1. The monoisotopic (exact) mass is 569 g/mol. The van der Waals surface area contributed by atoms with Crippen molar-refractivity contribution in [2.45, 2.75) is 50.7 Å². The molecule has 10 heteroatoms. The number of likely N-dealkylation sites (tertiary alicyclic amines) is 1. The van der Waals surface area contributed by atoms with E-state index in [9.17, 15) is 13.2 Å². The zero-order valence-electron chi connectivity index (χ0n) is 23.2. The first kappa shape index (κ1) is 25.6. The molecule has 0 atom stereocenters. The Bertz CT molecular complexity index is 1830. The number of halogens is 3. The summed E-state index contributed by atoms with van der Waals surface area (Å²) in [5, 5.41) is 8.36. The molecule has 1 saturated heterocycles. The van der Waals surface area contributed by atoms with Crippen LogP contribution in [-0.2, 0) is 19.8 Å². The summed E-state index contributed by atoms with van der Waals surface area (Å²) < 4.78 is 44.9. The van der Waals surface area contributed by atoms with Gasteiger partial charge in [-0.05, 0) is 85.0 Å². The molecule has 3 aliphatic rings. The predicted molar refractivity (Wildman–Crippen MR) is 153 cm³/mol. The lowest BCUT2D eigenvalue weighted by Crippen LogP contribution is -2.21. The molecule has 5 aromatic rings. The van der Waals surface area contributed by atoms with Gasteiger partial charge in [0, 0.05) is 37.3 Å². The van der Waals surface area contributed by atoms with Gasteiger partial charge in [-0.1, -0.05) is 24.3 Å². The van der Waals surface area contributed by atoms with Crippen LogP contribution in [0.5, 0.6) is 0 Å². The molecular formula is C32H30F3N7. The number of hydrogen-bond donors (Lipinski definition) is 1. The normalized spacial score (nSPS) is 18.4. The minimum atomic E-state index is -4.51. The molecule has 2 aromatic carbocycles. The highest BCUT2D eigenvalue weighted by molar-refractivity contribution is 5.85. The molecule has 0 amide bonds. The Morgan fingerprint density at radius 3 is 2.50 bits per heavy atom. The molecule has 8 rings (SSSR count). The number of nitrogens with one attached hydrogen (secondary N) is 1. The van der Waals surface area contributed by atoms with Crippen molar-refractivity contribution in [2.24, 2.45) is 12.5 Å². The van der Waals surface area contributed by atoms with E-state index in [-0.39, 0.29) is 5.52 Å². The second kappa shape index (κ2) is 9.22. The number of alkyl halides is 3. The van der Waals surface area contributed by atoms with Gasteiger partial charge in [-0.3, -0.25) is 4.90 Å². The number of aryl methyl sites for hydroxylation is 1. The molecule has 214 valence electrons. The maximum Gasteiger partial charge on any atom is 0.418 e. The van der Waals surface area contributed by atoms with Gasteiger partial charge in [-0.25, -0.2) is 9.97 Å². The van der Waals surface area contributed by atoms with Gasteiger partial charge in [-0.2, -0.15) is 13.2 Å². The van der Waals surface area contributed by atoms with Crippen molar-refractivity contribution in [1.29, 1.82) is 0 Å². The quantitative estimate of drug-likeness (QED) is 0.239. The number of H-pyrrole nitrogens is 1. The van der Waals surface area contributed by atoms with Crippen molar-refractivity contribution in [2.75, 3.05) is 13.1 Å². The van der Waals surface area contributed by atoms with Gasteiger partial charge in [-0.15, -0.1) is 10.2 Å². The second-order valence-electron chi connectivity index (χ2n) is 12.3. The molecule has 1 aliphatic heterocycles. The van der Waals surface area contributed by atoms with Crippen LogP contribution in [-0.4, -0.2) is 47.7 Å². The third-order valence-electron chi connectivity index (χ3n) is 9.11. The Labute approximate surface area is 240 Å². The topological polar surface area (TPSA) is 75.5 Å². The van der Waals surface area contributed by atoms with E-state index in [0.29, 0.717) is 40.5 Å². The summed E-state index contributed by atoms with van der Waals surface area (Å²) >= 11 is 0. The van der Waals surface area contributed by atoms with E-state index in [1.165, 1.54) is 18.9 Å². The van der Waals surface area contributed by atoms with Crippen LogP contribution in [0.1, 0.15) is 54.8 Å². The molecule has 3 aromatic heterocycles. The summed E-state index contributed by atoms with van der Waals surface area (Å²) in [6.07, 6.45) is 2.84. The Morgan fingerprint density at radius 1 is 1.00 bits per heavy atom. The van der Waals surface area contributed by atoms with Crippen molar-refractivity contribution in [3.8, 4) is 34.0 Å². The fourth-order valence-corrected chi connectivity index (χ4v) is 6.49. The minimum Gasteiger partial charge on any atom is -0.336 e. The van der Waals surface area contributed by atoms with Gasteiger partial charge in [0.25, 0.3) is 0 Å². The summed E-state index contributed by atoms with van der Waals surface area (Å²) in [6.45, 7) is 2.40. The fourth-order valence-electron chi connectivity index (χ4n) is 6.49. The van der Waals surface area contributed by atoms with Crippen LogP contribution in [0.4, 0.5) is 13.2 Å². The maximum atomic E-state index is 14.3. The van der Waals surface area contributed by atoms with Crippen molar-refractivity contribution in [1.82, 2.24) is 34.6 Å². The van der Waals surface area contributed by atoms with Crippen LogP contribution < -0.4 is 0 Å². The largest absolute Gasteiger partial charge is 0.418 e. The number of pyridine rings is 1. The summed E-state index contributed by atoms with van der Waals surface area (Å²) in [4.78, 5) is 14.9. The number of rotatable bonds is 6. The number of benzene rings is 2. The van der Waals surface area contributed by atoms with E-state index in [4.69, 9.17) is 9.97 Å². The van der Waals surface area contributed by atoms with E-state index < -0.39 is 11.7 Å². The number of aromatic nitrogens is 6. The lowest BCUT2D eigenvalue weighted by Gasteiger charge is -2.17. The maximum absolute atomic E-state index is 14.3. The average Bonchev–Trinajstić information content (AvgIpc) is 3.82. The van der Waals surface area contributed by atoms with Crippen LogP contribution in [0.2, 0.25) is 0 Å². The zero-order valence-corrected chi connectivity index (χ0v) is 23.2. The van der Waals surface area contributed by atoms with E-state index in [1.807, 2.05) is 41.9 Å². The molecule has 4 heterocycles. The van der Waals surface area contributed by atoms with Crippen LogP contribution in [0.3, 0.4) is 0 Å².